The number of nitrogens with one attached hydrogen (secondary N) is 1. The summed E-state index contributed by atoms with van der Waals surface area (Å²) in [6, 6.07) is 2.99. The number of aromatic hydroxyl groups is 1. The highest BCUT2D eigenvalue weighted by Gasteiger charge is 2.40. The van der Waals surface area contributed by atoms with E-state index in [0.717, 1.165) is 24.0 Å². The zero-order valence-electron chi connectivity index (χ0n) is 17.0. The van der Waals surface area contributed by atoms with Crippen LogP contribution in [0.25, 0.3) is 0 Å². The maximum absolute atomic E-state index is 14.0. The fourth-order valence-electron chi connectivity index (χ4n) is 3.92. The largest absolute Gasteiger partial charge is 0.505 e. The first-order valence-corrected chi connectivity index (χ1v) is 10.2. The summed E-state index contributed by atoms with van der Waals surface area (Å²) in [5.74, 6) is -5.54. The van der Waals surface area contributed by atoms with Crippen LogP contribution in [0.1, 0.15) is 72.4 Å². The standard InChI is InChI=1S/C22H22BrF2NO4/c1-21(2)5-6-22(3,4)16-11(21)9-14(18(27)17(16)23)26-19(28)10-7-12(24)15(20(29)30)13(25)8-10/h7-9,27H,5-6H2,1-4H3,(H,26,28)(H,29,30). The van der Waals surface area contributed by atoms with Gasteiger partial charge in [0.15, 0.2) is 5.75 Å². The molecule has 1 aliphatic rings. The van der Waals surface area contributed by atoms with E-state index in [1.54, 1.807) is 6.07 Å². The molecule has 0 aliphatic heterocycles. The van der Waals surface area contributed by atoms with E-state index < -0.39 is 34.6 Å². The molecule has 1 amide bonds. The van der Waals surface area contributed by atoms with Crippen LogP contribution in [0, 0.1) is 11.6 Å². The molecule has 2 aromatic carbocycles. The van der Waals surface area contributed by atoms with E-state index in [2.05, 4.69) is 48.9 Å². The summed E-state index contributed by atoms with van der Waals surface area (Å²) in [5, 5.41) is 22.0. The van der Waals surface area contributed by atoms with Crippen LogP contribution in [0.15, 0.2) is 22.7 Å². The van der Waals surface area contributed by atoms with Gasteiger partial charge in [-0.3, -0.25) is 4.79 Å². The highest BCUT2D eigenvalue weighted by atomic mass is 79.9. The van der Waals surface area contributed by atoms with E-state index in [0.29, 0.717) is 16.6 Å². The number of carbonyl (C=O) groups excluding carboxylic acids is 1. The molecule has 0 saturated heterocycles. The topological polar surface area (TPSA) is 86.6 Å². The van der Waals surface area contributed by atoms with Crippen molar-refractivity contribution in [3.8, 4) is 5.75 Å². The fraction of sp³-hybridized carbons (Fsp3) is 0.364. The number of halogens is 3. The molecule has 3 N–H and O–H groups in total. The lowest BCUT2D eigenvalue weighted by atomic mass is 9.63. The highest BCUT2D eigenvalue weighted by molar-refractivity contribution is 9.10. The molecule has 8 heteroatoms. The molecule has 1 aliphatic carbocycles. The Morgan fingerprint density at radius 2 is 1.57 bits per heavy atom. The zero-order valence-corrected chi connectivity index (χ0v) is 18.6. The second kappa shape index (κ2) is 7.34. The summed E-state index contributed by atoms with van der Waals surface area (Å²) in [6.45, 7) is 8.31. The summed E-state index contributed by atoms with van der Waals surface area (Å²) in [5.41, 5.74) is 0.0802. The van der Waals surface area contributed by atoms with Crippen LogP contribution in [0.3, 0.4) is 0 Å². The maximum Gasteiger partial charge on any atom is 0.341 e. The SMILES string of the molecule is CC1(C)CCC(C)(C)c2c1cc(NC(=O)c1cc(F)c(C(=O)O)c(F)c1)c(O)c2Br. The molecule has 30 heavy (non-hydrogen) atoms. The number of hydrogen-bond acceptors (Lipinski definition) is 3. The van der Waals surface area contributed by atoms with Crippen LogP contribution in [-0.4, -0.2) is 22.1 Å². The summed E-state index contributed by atoms with van der Waals surface area (Å²) in [7, 11) is 0. The van der Waals surface area contributed by atoms with Gasteiger partial charge in [-0.05, 0) is 68.9 Å². The van der Waals surface area contributed by atoms with Crippen molar-refractivity contribution < 1.29 is 28.6 Å². The third kappa shape index (κ3) is 3.69. The Morgan fingerprint density at radius 3 is 2.10 bits per heavy atom. The van der Waals surface area contributed by atoms with Crippen molar-refractivity contribution >= 4 is 33.5 Å². The Bertz CT molecular complexity index is 1060. The first kappa shape index (κ1) is 22.2. The average molecular weight is 482 g/mol. The smallest absolute Gasteiger partial charge is 0.341 e. The van der Waals surface area contributed by atoms with Crippen LogP contribution in [0.5, 0.6) is 5.75 Å². The highest BCUT2D eigenvalue weighted by Crippen LogP contribution is 2.52. The van der Waals surface area contributed by atoms with Crippen LogP contribution in [0.2, 0.25) is 0 Å². The minimum atomic E-state index is -1.77. The third-order valence-electron chi connectivity index (χ3n) is 5.79. The van der Waals surface area contributed by atoms with E-state index in [1.807, 2.05) is 0 Å². The fourth-order valence-corrected chi connectivity index (χ4v) is 4.88. The van der Waals surface area contributed by atoms with Gasteiger partial charge in [0, 0.05) is 5.56 Å². The number of carboxylic acid groups (broad SMARTS) is 1. The van der Waals surface area contributed by atoms with Crippen molar-refractivity contribution in [3.63, 3.8) is 0 Å². The van der Waals surface area contributed by atoms with E-state index in [-0.39, 0.29) is 22.3 Å². The number of carboxylic acids is 1. The van der Waals surface area contributed by atoms with E-state index in [4.69, 9.17) is 5.11 Å². The van der Waals surface area contributed by atoms with E-state index in [9.17, 15) is 23.5 Å². The quantitative estimate of drug-likeness (QED) is 0.488. The molecule has 0 bridgehead atoms. The first-order chi connectivity index (χ1) is 13.8. The average Bonchev–Trinajstić information content (AvgIpc) is 2.61. The minimum absolute atomic E-state index is 0.0968. The lowest BCUT2D eigenvalue weighted by molar-refractivity contribution is 0.0685. The lowest BCUT2D eigenvalue weighted by Crippen LogP contribution is -2.34. The van der Waals surface area contributed by atoms with Crippen LogP contribution >= 0.6 is 15.9 Å². The number of rotatable bonds is 3. The van der Waals surface area contributed by atoms with Gasteiger partial charge in [0.1, 0.15) is 17.2 Å². The van der Waals surface area contributed by atoms with Gasteiger partial charge in [-0.1, -0.05) is 27.7 Å². The lowest BCUT2D eigenvalue weighted by Gasteiger charge is -2.42. The van der Waals surface area contributed by atoms with Gasteiger partial charge >= 0.3 is 5.97 Å². The number of carbonyl (C=O) groups is 2. The van der Waals surface area contributed by atoms with Crippen molar-refractivity contribution in [1.82, 2.24) is 0 Å². The molecule has 3 rings (SSSR count). The molecule has 0 atom stereocenters. The van der Waals surface area contributed by atoms with Crippen molar-refractivity contribution in [3.05, 3.63) is 56.6 Å². The first-order valence-electron chi connectivity index (χ1n) is 9.36. The Balaban J connectivity index is 2.06. The second-order valence-corrected chi connectivity index (χ2v) is 9.64. The molecule has 0 heterocycles. The molecule has 160 valence electrons. The summed E-state index contributed by atoms with van der Waals surface area (Å²) in [6.07, 6.45) is 1.83. The van der Waals surface area contributed by atoms with Gasteiger partial charge in [0.05, 0.1) is 10.2 Å². The van der Waals surface area contributed by atoms with Crippen molar-refractivity contribution in [1.29, 1.82) is 0 Å². The van der Waals surface area contributed by atoms with Crippen LogP contribution in [-0.2, 0) is 10.8 Å². The number of aromatic carboxylic acids is 1. The monoisotopic (exact) mass is 481 g/mol. The van der Waals surface area contributed by atoms with Gasteiger partial charge < -0.3 is 15.5 Å². The van der Waals surface area contributed by atoms with Crippen LogP contribution in [0.4, 0.5) is 14.5 Å². The third-order valence-corrected chi connectivity index (χ3v) is 6.56. The minimum Gasteiger partial charge on any atom is -0.505 e. The Labute approximate surface area is 181 Å². The molecular formula is C22H22BrF2NO4. The summed E-state index contributed by atoms with van der Waals surface area (Å²) in [4.78, 5) is 23.5. The zero-order chi connectivity index (χ0) is 22.6. The summed E-state index contributed by atoms with van der Waals surface area (Å²) >= 11 is 3.45. The number of phenolic OH excluding ortho intramolecular Hbond substituents is 1. The number of phenols is 1. The number of benzene rings is 2. The van der Waals surface area contributed by atoms with Gasteiger partial charge in [0.2, 0.25) is 0 Å². The second-order valence-electron chi connectivity index (χ2n) is 8.85. The molecule has 2 aromatic rings. The van der Waals surface area contributed by atoms with Gasteiger partial charge in [0.25, 0.3) is 5.91 Å². The normalized spacial score (nSPS) is 16.6. The van der Waals surface area contributed by atoms with Crippen molar-refractivity contribution in [2.24, 2.45) is 0 Å². The number of amides is 1. The Kier molecular flexibility index (Phi) is 5.43. The molecule has 0 unspecified atom stereocenters. The Hall–Kier alpha value is -2.48. The van der Waals surface area contributed by atoms with Gasteiger partial charge in [-0.2, -0.15) is 0 Å². The van der Waals surface area contributed by atoms with E-state index in [1.165, 1.54) is 0 Å². The molecule has 0 spiro atoms. The predicted molar refractivity (Wildman–Crippen MR) is 112 cm³/mol. The molecule has 0 aromatic heterocycles. The summed E-state index contributed by atoms with van der Waals surface area (Å²) < 4.78 is 28.4. The number of anilines is 1. The predicted octanol–water partition coefficient (Wildman–Crippen LogP) is 5.73. The maximum atomic E-state index is 14.0. The Morgan fingerprint density at radius 1 is 1.03 bits per heavy atom. The van der Waals surface area contributed by atoms with Crippen molar-refractivity contribution in [2.75, 3.05) is 5.32 Å². The van der Waals surface area contributed by atoms with Crippen molar-refractivity contribution in [2.45, 2.75) is 51.4 Å². The molecule has 5 nitrogen and oxygen atoms in total. The molecule has 0 saturated carbocycles. The van der Waals surface area contributed by atoms with Gasteiger partial charge in [-0.25, -0.2) is 13.6 Å². The molecule has 0 radical (unpaired) electrons. The molecular weight excluding hydrogens is 460 g/mol. The number of hydrogen-bond donors (Lipinski definition) is 3. The van der Waals surface area contributed by atoms with E-state index >= 15 is 0 Å². The molecule has 0 fully saturated rings. The number of fused-ring (bicyclic) bond motifs is 1. The van der Waals surface area contributed by atoms with Gasteiger partial charge in [-0.15, -0.1) is 0 Å². The van der Waals surface area contributed by atoms with Crippen LogP contribution < -0.4 is 5.32 Å².